The van der Waals surface area contributed by atoms with Gasteiger partial charge in [0.05, 0.1) is 33.4 Å². The van der Waals surface area contributed by atoms with Gasteiger partial charge in [0, 0.05) is 18.9 Å². The molecule has 2 aliphatic carbocycles. The maximum Gasteiger partial charge on any atom is 0.203 e. The quantitative estimate of drug-likeness (QED) is 0.707. The minimum atomic E-state index is -1.08. The first kappa shape index (κ1) is 21.4. The van der Waals surface area contributed by atoms with E-state index in [9.17, 15) is 9.90 Å². The summed E-state index contributed by atoms with van der Waals surface area (Å²) >= 11 is 0. The van der Waals surface area contributed by atoms with Gasteiger partial charge in [0.15, 0.2) is 17.3 Å². The van der Waals surface area contributed by atoms with E-state index >= 15 is 0 Å². The second-order valence-corrected chi connectivity index (χ2v) is 7.77. The highest BCUT2D eigenvalue weighted by atomic mass is 16.5. The monoisotopic (exact) mass is 402 g/mol. The second kappa shape index (κ2) is 7.84. The van der Waals surface area contributed by atoms with E-state index in [-0.39, 0.29) is 23.5 Å². The molecule has 3 rings (SSSR count). The van der Waals surface area contributed by atoms with E-state index in [0.29, 0.717) is 17.2 Å². The summed E-state index contributed by atoms with van der Waals surface area (Å²) in [6.45, 7) is 7.79. The van der Waals surface area contributed by atoms with Gasteiger partial charge in [-0.1, -0.05) is 19.9 Å². The highest BCUT2D eigenvalue weighted by Gasteiger charge is 2.63. The normalized spacial score (nSPS) is 31.8. The summed E-state index contributed by atoms with van der Waals surface area (Å²) in [6, 6.07) is 3.70. The van der Waals surface area contributed by atoms with Crippen molar-refractivity contribution in [3.8, 4) is 17.2 Å². The van der Waals surface area contributed by atoms with E-state index in [0.717, 1.165) is 11.1 Å². The largest absolute Gasteiger partial charge is 0.493 e. The van der Waals surface area contributed by atoms with E-state index < -0.39 is 17.6 Å². The molecule has 1 fully saturated rings. The zero-order valence-electron chi connectivity index (χ0n) is 17.9. The molecule has 1 aromatic carbocycles. The lowest BCUT2D eigenvalue weighted by molar-refractivity contribution is -0.140. The fourth-order valence-electron chi connectivity index (χ4n) is 4.98. The third-order valence-electron chi connectivity index (χ3n) is 6.64. The van der Waals surface area contributed by atoms with Crippen LogP contribution in [0.25, 0.3) is 0 Å². The number of ether oxygens (including phenoxy) is 4. The molecule has 6 atom stereocenters. The van der Waals surface area contributed by atoms with Crippen LogP contribution in [0.1, 0.15) is 25.3 Å². The SMILES string of the molecule is C=C[C@@H](C)C1=C[C@]2(OC)C(=O)[C@@H]([C@H](c3cc(OC)c(OC)c(OC)c3)[C@H]2C)[C@@H]1O. The fraction of sp³-hybridized carbons (Fsp3) is 0.522. The number of hydrogen-bond acceptors (Lipinski definition) is 6. The number of aliphatic hydroxyl groups is 1. The van der Waals surface area contributed by atoms with Crippen LogP contribution in [-0.2, 0) is 9.53 Å². The van der Waals surface area contributed by atoms with Gasteiger partial charge >= 0.3 is 0 Å². The third kappa shape index (κ3) is 2.97. The number of benzene rings is 1. The van der Waals surface area contributed by atoms with Crippen molar-refractivity contribution in [3.05, 3.63) is 42.0 Å². The molecule has 29 heavy (non-hydrogen) atoms. The topological polar surface area (TPSA) is 74.2 Å². The van der Waals surface area contributed by atoms with Gasteiger partial charge in [-0.05, 0) is 35.3 Å². The maximum atomic E-state index is 13.4. The van der Waals surface area contributed by atoms with Crippen molar-refractivity contribution in [1.82, 2.24) is 0 Å². The van der Waals surface area contributed by atoms with Crippen molar-refractivity contribution in [2.75, 3.05) is 28.4 Å². The van der Waals surface area contributed by atoms with Crippen LogP contribution in [0.15, 0.2) is 36.4 Å². The van der Waals surface area contributed by atoms with E-state index in [4.69, 9.17) is 18.9 Å². The number of rotatable bonds is 7. The van der Waals surface area contributed by atoms with Gasteiger partial charge in [-0.3, -0.25) is 4.79 Å². The molecule has 0 aromatic heterocycles. The minimum absolute atomic E-state index is 0.0685. The maximum absolute atomic E-state index is 13.4. The molecule has 6 heteroatoms. The van der Waals surface area contributed by atoms with Gasteiger partial charge in [0.2, 0.25) is 5.75 Å². The molecule has 2 aliphatic rings. The molecule has 6 nitrogen and oxygen atoms in total. The van der Waals surface area contributed by atoms with Gasteiger partial charge in [-0.2, -0.15) is 0 Å². The van der Waals surface area contributed by atoms with Crippen molar-refractivity contribution in [3.63, 3.8) is 0 Å². The van der Waals surface area contributed by atoms with Gasteiger partial charge < -0.3 is 24.1 Å². The number of allylic oxidation sites excluding steroid dienone is 1. The number of carbonyl (C=O) groups is 1. The molecular formula is C23H30O6. The van der Waals surface area contributed by atoms with Crippen LogP contribution in [0.2, 0.25) is 0 Å². The Morgan fingerprint density at radius 1 is 1.10 bits per heavy atom. The Labute approximate surface area is 172 Å². The van der Waals surface area contributed by atoms with Crippen LogP contribution in [0.3, 0.4) is 0 Å². The van der Waals surface area contributed by atoms with E-state index in [1.807, 2.05) is 32.1 Å². The fourth-order valence-corrected chi connectivity index (χ4v) is 4.98. The Kier molecular flexibility index (Phi) is 5.79. The Hall–Kier alpha value is -2.31. The summed E-state index contributed by atoms with van der Waals surface area (Å²) in [6.07, 6.45) is 2.67. The van der Waals surface area contributed by atoms with Crippen LogP contribution in [0, 0.1) is 17.8 Å². The predicted molar refractivity (Wildman–Crippen MR) is 110 cm³/mol. The molecule has 1 N–H and O–H groups in total. The van der Waals surface area contributed by atoms with E-state index in [2.05, 4.69) is 6.58 Å². The van der Waals surface area contributed by atoms with Crippen molar-refractivity contribution in [1.29, 1.82) is 0 Å². The van der Waals surface area contributed by atoms with Crippen molar-refractivity contribution < 1.29 is 28.8 Å². The van der Waals surface area contributed by atoms with E-state index in [1.54, 1.807) is 34.5 Å². The smallest absolute Gasteiger partial charge is 0.203 e. The lowest BCUT2D eigenvalue weighted by Gasteiger charge is -2.34. The number of aliphatic hydroxyl groups excluding tert-OH is 1. The van der Waals surface area contributed by atoms with Crippen molar-refractivity contribution in [2.24, 2.45) is 17.8 Å². The number of Topliss-reactive ketones (excluding diaryl/α,β-unsaturated/α-hetero) is 1. The molecule has 2 bridgehead atoms. The third-order valence-corrected chi connectivity index (χ3v) is 6.64. The summed E-state index contributed by atoms with van der Waals surface area (Å²) in [5.41, 5.74) is 0.527. The number of ketones is 1. The first-order chi connectivity index (χ1) is 13.8. The molecule has 158 valence electrons. The highest BCUT2D eigenvalue weighted by Crippen LogP contribution is 2.57. The summed E-state index contributed by atoms with van der Waals surface area (Å²) in [5.74, 6) is 0.233. The van der Waals surface area contributed by atoms with Crippen LogP contribution in [-0.4, -0.2) is 51.0 Å². The van der Waals surface area contributed by atoms with Crippen molar-refractivity contribution >= 4 is 5.78 Å². The number of methoxy groups -OCH3 is 4. The number of hydrogen-bond donors (Lipinski definition) is 1. The first-order valence-electron chi connectivity index (χ1n) is 9.73. The van der Waals surface area contributed by atoms with Gasteiger partial charge in [0.1, 0.15) is 5.60 Å². The molecule has 1 saturated carbocycles. The first-order valence-corrected chi connectivity index (χ1v) is 9.73. The number of fused-ring (bicyclic) bond motifs is 2. The second-order valence-electron chi connectivity index (χ2n) is 7.77. The van der Waals surface area contributed by atoms with E-state index in [1.165, 1.54) is 0 Å². The Morgan fingerprint density at radius 3 is 2.14 bits per heavy atom. The molecule has 0 unspecified atom stereocenters. The average molecular weight is 402 g/mol. The van der Waals surface area contributed by atoms with Gasteiger partial charge in [-0.25, -0.2) is 0 Å². The lowest BCUT2D eigenvalue weighted by Crippen LogP contribution is -2.47. The lowest BCUT2D eigenvalue weighted by atomic mass is 9.76. The Morgan fingerprint density at radius 2 is 1.69 bits per heavy atom. The Balaban J connectivity index is 2.19. The zero-order valence-corrected chi connectivity index (χ0v) is 17.9. The van der Waals surface area contributed by atoms with Gasteiger partial charge in [0.25, 0.3) is 0 Å². The van der Waals surface area contributed by atoms with Gasteiger partial charge in [-0.15, -0.1) is 6.58 Å². The Bertz CT molecular complexity index is 819. The highest BCUT2D eigenvalue weighted by molar-refractivity contribution is 5.98. The van der Waals surface area contributed by atoms with Crippen LogP contribution in [0.5, 0.6) is 17.2 Å². The zero-order chi connectivity index (χ0) is 21.5. The molecular weight excluding hydrogens is 372 g/mol. The summed E-state index contributed by atoms with van der Waals surface area (Å²) < 4.78 is 22.2. The van der Waals surface area contributed by atoms with Crippen molar-refractivity contribution in [2.45, 2.75) is 31.5 Å². The molecule has 0 aliphatic heterocycles. The summed E-state index contributed by atoms with van der Waals surface area (Å²) in [4.78, 5) is 13.4. The number of carbonyl (C=O) groups excluding carboxylic acids is 1. The van der Waals surface area contributed by atoms with Crippen LogP contribution in [0.4, 0.5) is 0 Å². The molecule has 0 radical (unpaired) electrons. The average Bonchev–Trinajstić information content (AvgIpc) is 2.89. The molecule has 0 saturated heterocycles. The molecule has 0 heterocycles. The summed E-state index contributed by atoms with van der Waals surface area (Å²) in [5, 5.41) is 11.2. The summed E-state index contributed by atoms with van der Waals surface area (Å²) in [7, 11) is 6.21. The minimum Gasteiger partial charge on any atom is -0.493 e. The standard InChI is InChI=1S/C23H30O6/c1-8-12(2)15-11-23(29-7)13(3)18(19(20(15)24)22(23)25)14-9-16(26-4)21(28-6)17(10-14)27-5/h8-13,18-20,24H,1H2,2-7H3/t12-,13-,18+,19+,20-,23-/m1/s1. The predicted octanol–water partition coefficient (Wildman–Crippen LogP) is 3.14. The molecule has 0 spiro atoms. The van der Waals surface area contributed by atoms with Crippen LogP contribution >= 0.6 is 0 Å². The molecule has 0 amide bonds. The molecule has 1 aromatic rings. The van der Waals surface area contributed by atoms with Crippen LogP contribution < -0.4 is 14.2 Å².